The van der Waals surface area contributed by atoms with Gasteiger partial charge in [0.1, 0.15) is 5.73 Å². The van der Waals surface area contributed by atoms with Crippen LogP contribution in [0.3, 0.4) is 0 Å². The Morgan fingerprint density at radius 3 is 2.63 bits per heavy atom. The van der Waals surface area contributed by atoms with E-state index in [-0.39, 0.29) is 18.1 Å². The second-order valence-electron chi connectivity index (χ2n) is 4.15. The maximum absolute atomic E-state index is 11.9. The van der Waals surface area contributed by atoms with Crippen molar-refractivity contribution in [1.29, 1.82) is 0 Å². The van der Waals surface area contributed by atoms with Gasteiger partial charge in [-0.2, -0.15) is 0 Å². The number of ether oxygens (including phenoxy) is 1. The van der Waals surface area contributed by atoms with Crippen LogP contribution in [-0.4, -0.2) is 40.2 Å². The first-order chi connectivity index (χ1) is 9.21. The molecule has 0 aliphatic heterocycles. The van der Waals surface area contributed by atoms with E-state index in [1.54, 1.807) is 26.5 Å². The maximum atomic E-state index is 11.9. The lowest BCUT2D eigenvalue weighted by atomic mass is 10.3. The van der Waals surface area contributed by atoms with E-state index in [2.05, 4.69) is 4.98 Å². The normalized spacial score (nSPS) is 12.4. The minimum atomic E-state index is -1.95. The second kappa shape index (κ2) is 8.79. The van der Waals surface area contributed by atoms with Crippen LogP contribution in [0.4, 0.5) is 0 Å². The van der Waals surface area contributed by atoms with Crippen molar-refractivity contribution in [3.05, 3.63) is 30.1 Å². The molecule has 0 spiro atoms. The van der Waals surface area contributed by atoms with E-state index in [1.165, 1.54) is 0 Å². The van der Waals surface area contributed by atoms with Crippen molar-refractivity contribution in [3.63, 3.8) is 0 Å². The summed E-state index contributed by atoms with van der Waals surface area (Å²) in [5, 5.41) is 0. The van der Waals surface area contributed by atoms with Crippen LogP contribution < -0.4 is 0 Å². The summed E-state index contributed by atoms with van der Waals surface area (Å²) in [4.78, 5) is 16.0. The van der Waals surface area contributed by atoms with Crippen LogP contribution in [0.15, 0.2) is 24.4 Å². The van der Waals surface area contributed by atoms with Crippen LogP contribution in [0.2, 0.25) is 0 Å². The maximum Gasteiger partial charge on any atom is 0.363 e. The first-order valence-corrected chi connectivity index (χ1v) is 7.97. The molecule has 1 atom stereocenters. The van der Waals surface area contributed by atoms with Crippen molar-refractivity contribution in [2.24, 2.45) is 0 Å². The minimum Gasteiger partial charge on any atom is -0.460 e. The summed E-state index contributed by atoms with van der Waals surface area (Å²) in [6, 6.07) is 5.46. The van der Waals surface area contributed by atoms with Gasteiger partial charge in [-0.15, -0.1) is 0 Å². The molecule has 1 rings (SSSR count). The number of carbonyl (C=O) groups is 1. The van der Waals surface area contributed by atoms with Gasteiger partial charge in [-0.1, -0.05) is 19.4 Å². The van der Waals surface area contributed by atoms with Crippen molar-refractivity contribution in [1.82, 2.24) is 4.98 Å². The highest BCUT2D eigenvalue weighted by Gasteiger charge is 2.27. The fourth-order valence-electron chi connectivity index (χ4n) is 1.80. The van der Waals surface area contributed by atoms with Gasteiger partial charge in [-0.25, -0.2) is 0 Å². The third-order valence-corrected chi connectivity index (χ3v) is 4.68. The van der Waals surface area contributed by atoms with E-state index in [0.717, 1.165) is 12.8 Å². The number of pyridine rings is 1. The SMILES string of the molecule is CCCC(OC(=O)Cc1ccccn1)[SiH](OC)OC. The molecule has 1 heterocycles. The zero-order chi connectivity index (χ0) is 14.1. The molecule has 5 nitrogen and oxygen atoms in total. The summed E-state index contributed by atoms with van der Waals surface area (Å²) in [5.41, 5.74) is 0.451. The molecule has 0 saturated heterocycles. The Bertz CT molecular complexity index is 370. The standard InChI is InChI=1S/C13H21NO4Si/c1-4-7-13(19(16-2)17-3)18-12(15)10-11-8-5-6-9-14-11/h5-6,8-9,13,19H,4,7,10H2,1-3H3. The molecule has 0 N–H and O–H groups in total. The Hall–Kier alpha value is -1.24. The molecule has 0 aliphatic rings. The Kier molecular flexibility index (Phi) is 7.31. The molecule has 0 aliphatic carbocycles. The number of esters is 1. The fourth-order valence-corrected chi connectivity index (χ4v) is 3.46. The van der Waals surface area contributed by atoms with Crippen molar-refractivity contribution in [2.45, 2.75) is 31.9 Å². The number of rotatable bonds is 8. The summed E-state index contributed by atoms with van der Waals surface area (Å²) in [5.74, 6) is -0.288. The number of aromatic nitrogens is 1. The molecule has 1 aromatic heterocycles. The van der Waals surface area contributed by atoms with Gasteiger partial charge in [0.25, 0.3) is 0 Å². The third-order valence-electron chi connectivity index (χ3n) is 2.68. The Morgan fingerprint density at radius 2 is 2.11 bits per heavy atom. The second-order valence-corrected chi connectivity index (χ2v) is 6.58. The summed E-state index contributed by atoms with van der Waals surface area (Å²) in [6.45, 7) is 2.04. The monoisotopic (exact) mass is 283 g/mol. The van der Waals surface area contributed by atoms with Gasteiger partial charge in [0, 0.05) is 20.4 Å². The lowest BCUT2D eigenvalue weighted by molar-refractivity contribution is -0.146. The summed E-state index contributed by atoms with van der Waals surface area (Å²) in [7, 11) is 1.23. The van der Waals surface area contributed by atoms with Crippen LogP contribution in [0.25, 0.3) is 0 Å². The number of hydrogen-bond acceptors (Lipinski definition) is 5. The third kappa shape index (κ3) is 5.50. The van der Waals surface area contributed by atoms with Crippen molar-refractivity contribution in [3.8, 4) is 0 Å². The summed E-state index contributed by atoms with van der Waals surface area (Å²) >= 11 is 0. The fraction of sp³-hybridized carbons (Fsp3) is 0.538. The largest absolute Gasteiger partial charge is 0.460 e. The molecule has 1 aromatic rings. The Balaban J connectivity index is 2.56. The quantitative estimate of drug-likeness (QED) is 0.533. The van der Waals surface area contributed by atoms with Crippen LogP contribution in [-0.2, 0) is 24.8 Å². The number of carbonyl (C=O) groups excluding carboxylic acids is 1. The molecule has 106 valence electrons. The van der Waals surface area contributed by atoms with Crippen molar-refractivity contribution >= 4 is 15.3 Å². The van der Waals surface area contributed by atoms with Crippen LogP contribution in [0, 0.1) is 0 Å². The van der Waals surface area contributed by atoms with Gasteiger partial charge in [-0.05, 0) is 18.6 Å². The number of nitrogens with zero attached hydrogens (tertiary/aromatic N) is 1. The average molecular weight is 283 g/mol. The van der Waals surface area contributed by atoms with Gasteiger partial charge >= 0.3 is 15.3 Å². The summed E-state index contributed by atoms with van der Waals surface area (Å²) < 4.78 is 16.0. The molecule has 6 heteroatoms. The average Bonchev–Trinajstić information content (AvgIpc) is 2.41. The predicted octanol–water partition coefficient (Wildman–Crippen LogP) is 1.39. The predicted molar refractivity (Wildman–Crippen MR) is 73.9 cm³/mol. The van der Waals surface area contributed by atoms with E-state index in [0.29, 0.717) is 5.69 Å². The molecule has 1 unspecified atom stereocenters. The molecular formula is C13H21NO4Si. The Labute approximate surface area is 115 Å². The van der Waals surface area contributed by atoms with E-state index in [9.17, 15) is 4.79 Å². The van der Waals surface area contributed by atoms with Gasteiger partial charge in [0.05, 0.1) is 12.1 Å². The zero-order valence-electron chi connectivity index (χ0n) is 11.7. The minimum absolute atomic E-state index is 0.176. The Morgan fingerprint density at radius 1 is 1.37 bits per heavy atom. The molecule has 0 bridgehead atoms. The molecule has 0 aromatic carbocycles. The van der Waals surface area contributed by atoms with Crippen LogP contribution in [0.1, 0.15) is 25.5 Å². The van der Waals surface area contributed by atoms with Gasteiger partial charge < -0.3 is 13.6 Å². The van der Waals surface area contributed by atoms with Crippen LogP contribution >= 0.6 is 0 Å². The summed E-state index contributed by atoms with van der Waals surface area (Å²) in [6.07, 6.45) is 3.51. The molecule has 0 saturated carbocycles. The van der Waals surface area contributed by atoms with Crippen molar-refractivity contribution in [2.75, 3.05) is 14.2 Å². The molecule has 0 amide bonds. The first kappa shape index (κ1) is 15.8. The molecule has 0 radical (unpaired) electrons. The highest BCUT2D eigenvalue weighted by atomic mass is 28.3. The van der Waals surface area contributed by atoms with Crippen LogP contribution in [0.5, 0.6) is 0 Å². The van der Waals surface area contributed by atoms with Gasteiger partial charge in [0.15, 0.2) is 0 Å². The van der Waals surface area contributed by atoms with Gasteiger partial charge in [-0.3, -0.25) is 9.78 Å². The lowest BCUT2D eigenvalue weighted by Gasteiger charge is -2.22. The van der Waals surface area contributed by atoms with Gasteiger partial charge in [0.2, 0.25) is 0 Å². The van der Waals surface area contributed by atoms with E-state index >= 15 is 0 Å². The van der Waals surface area contributed by atoms with E-state index in [1.807, 2.05) is 19.1 Å². The molecule has 0 fully saturated rings. The lowest BCUT2D eigenvalue weighted by Crippen LogP contribution is -2.39. The van der Waals surface area contributed by atoms with E-state index in [4.69, 9.17) is 13.6 Å². The first-order valence-electron chi connectivity index (χ1n) is 6.36. The number of hydrogen-bond donors (Lipinski definition) is 0. The molecule has 19 heavy (non-hydrogen) atoms. The topological polar surface area (TPSA) is 57.7 Å². The zero-order valence-corrected chi connectivity index (χ0v) is 12.8. The smallest absolute Gasteiger partial charge is 0.363 e. The highest BCUT2D eigenvalue weighted by Crippen LogP contribution is 2.10. The molecular weight excluding hydrogens is 262 g/mol. The van der Waals surface area contributed by atoms with Crippen molar-refractivity contribution < 1.29 is 18.4 Å². The van der Waals surface area contributed by atoms with E-state index < -0.39 is 9.28 Å². The highest BCUT2D eigenvalue weighted by molar-refractivity contribution is 6.46.